The first kappa shape index (κ1) is 14.8. The number of carbonyl (C=O) groups is 1. The third-order valence-electron chi connectivity index (χ3n) is 4.45. The van der Waals surface area contributed by atoms with Crippen LogP contribution in [0.4, 0.5) is 0 Å². The summed E-state index contributed by atoms with van der Waals surface area (Å²) in [6.07, 6.45) is 6.87. The van der Waals surface area contributed by atoms with E-state index in [1.807, 2.05) is 0 Å². The minimum atomic E-state index is 0.187. The highest BCUT2D eigenvalue weighted by molar-refractivity contribution is 5.76. The van der Waals surface area contributed by atoms with Gasteiger partial charge in [-0.25, -0.2) is 0 Å². The van der Waals surface area contributed by atoms with E-state index in [1.54, 1.807) is 0 Å². The molecule has 2 rings (SSSR count). The van der Waals surface area contributed by atoms with Crippen LogP contribution in [0.3, 0.4) is 0 Å². The Morgan fingerprint density at radius 1 is 1.37 bits per heavy atom. The Balaban J connectivity index is 1.62. The Morgan fingerprint density at radius 3 is 2.95 bits per heavy atom. The van der Waals surface area contributed by atoms with Crippen LogP contribution in [0, 0.1) is 11.8 Å². The topological polar surface area (TPSA) is 50.4 Å². The van der Waals surface area contributed by atoms with Gasteiger partial charge in [0.15, 0.2) is 0 Å². The van der Waals surface area contributed by atoms with Crippen molar-refractivity contribution in [3.63, 3.8) is 0 Å². The van der Waals surface area contributed by atoms with Crippen molar-refractivity contribution in [2.24, 2.45) is 11.8 Å². The van der Waals surface area contributed by atoms with Crippen LogP contribution in [0.2, 0.25) is 0 Å². The second kappa shape index (κ2) is 7.85. The molecule has 3 unspecified atom stereocenters. The second-order valence-corrected chi connectivity index (χ2v) is 6.08. The SMILES string of the molecule is CC(CC(=O)NCC1CCCCO1)C1CCCNC1. The van der Waals surface area contributed by atoms with Gasteiger partial charge in [-0.15, -0.1) is 0 Å². The maximum atomic E-state index is 12.0. The Labute approximate surface area is 116 Å². The molecule has 0 saturated carbocycles. The lowest BCUT2D eigenvalue weighted by Crippen LogP contribution is -2.38. The van der Waals surface area contributed by atoms with Crippen molar-refractivity contribution >= 4 is 5.91 Å². The van der Waals surface area contributed by atoms with Gasteiger partial charge < -0.3 is 15.4 Å². The number of piperidine rings is 1. The number of hydrogen-bond donors (Lipinski definition) is 2. The van der Waals surface area contributed by atoms with Crippen molar-refractivity contribution < 1.29 is 9.53 Å². The lowest BCUT2D eigenvalue weighted by atomic mass is 9.85. The van der Waals surface area contributed by atoms with Crippen LogP contribution in [0.1, 0.15) is 45.4 Å². The summed E-state index contributed by atoms with van der Waals surface area (Å²) in [5, 5.41) is 6.46. The van der Waals surface area contributed by atoms with Gasteiger partial charge in [-0.1, -0.05) is 6.92 Å². The van der Waals surface area contributed by atoms with Crippen LogP contribution in [0.5, 0.6) is 0 Å². The van der Waals surface area contributed by atoms with Crippen molar-refractivity contribution in [3.8, 4) is 0 Å². The van der Waals surface area contributed by atoms with Gasteiger partial charge in [0.2, 0.25) is 5.91 Å². The highest BCUT2D eigenvalue weighted by Crippen LogP contribution is 2.22. The van der Waals surface area contributed by atoms with Crippen molar-refractivity contribution in [3.05, 3.63) is 0 Å². The number of hydrogen-bond acceptors (Lipinski definition) is 3. The van der Waals surface area contributed by atoms with Crippen molar-refractivity contribution in [2.45, 2.75) is 51.6 Å². The van der Waals surface area contributed by atoms with E-state index < -0.39 is 0 Å². The summed E-state index contributed by atoms with van der Waals surface area (Å²) in [4.78, 5) is 12.0. The lowest BCUT2D eigenvalue weighted by Gasteiger charge is -2.28. The third kappa shape index (κ3) is 5.11. The van der Waals surface area contributed by atoms with Crippen LogP contribution in [0.25, 0.3) is 0 Å². The van der Waals surface area contributed by atoms with Gasteiger partial charge in [0.1, 0.15) is 0 Å². The first-order valence-corrected chi connectivity index (χ1v) is 7.84. The van der Waals surface area contributed by atoms with E-state index in [1.165, 1.54) is 19.3 Å². The zero-order valence-corrected chi connectivity index (χ0v) is 12.1. The average molecular weight is 268 g/mol. The molecule has 2 aliphatic rings. The Hall–Kier alpha value is -0.610. The molecule has 4 nitrogen and oxygen atoms in total. The fraction of sp³-hybridized carbons (Fsp3) is 0.933. The Bertz CT molecular complexity index is 271. The van der Waals surface area contributed by atoms with Crippen LogP contribution in [-0.2, 0) is 9.53 Å². The van der Waals surface area contributed by atoms with Gasteiger partial charge in [0.05, 0.1) is 6.10 Å². The molecule has 110 valence electrons. The van der Waals surface area contributed by atoms with Crippen LogP contribution < -0.4 is 10.6 Å². The molecule has 2 aliphatic heterocycles. The maximum absolute atomic E-state index is 12.0. The molecule has 1 amide bonds. The zero-order chi connectivity index (χ0) is 13.5. The summed E-state index contributed by atoms with van der Waals surface area (Å²) in [6, 6.07) is 0. The summed E-state index contributed by atoms with van der Waals surface area (Å²) >= 11 is 0. The minimum Gasteiger partial charge on any atom is -0.376 e. The second-order valence-electron chi connectivity index (χ2n) is 6.08. The van der Waals surface area contributed by atoms with Gasteiger partial charge in [-0.2, -0.15) is 0 Å². The smallest absolute Gasteiger partial charge is 0.220 e. The van der Waals surface area contributed by atoms with Gasteiger partial charge in [-0.05, 0) is 57.0 Å². The fourth-order valence-corrected chi connectivity index (χ4v) is 3.09. The third-order valence-corrected chi connectivity index (χ3v) is 4.45. The zero-order valence-electron chi connectivity index (χ0n) is 12.1. The van der Waals surface area contributed by atoms with Crippen molar-refractivity contribution in [1.29, 1.82) is 0 Å². The van der Waals surface area contributed by atoms with Crippen molar-refractivity contribution in [2.75, 3.05) is 26.2 Å². The number of ether oxygens (including phenoxy) is 1. The Morgan fingerprint density at radius 2 is 2.26 bits per heavy atom. The molecule has 2 saturated heterocycles. The van der Waals surface area contributed by atoms with E-state index in [-0.39, 0.29) is 12.0 Å². The maximum Gasteiger partial charge on any atom is 0.220 e. The molecular formula is C15H28N2O2. The number of nitrogens with one attached hydrogen (secondary N) is 2. The number of carbonyl (C=O) groups excluding carboxylic acids is 1. The van der Waals surface area contributed by atoms with E-state index in [4.69, 9.17) is 4.74 Å². The normalized spacial score (nSPS) is 29.7. The molecule has 0 spiro atoms. The average Bonchev–Trinajstić information content (AvgIpc) is 2.47. The fourth-order valence-electron chi connectivity index (χ4n) is 3.09. The van der Waals surface area contributed by atoms with Gasteiger partial charge in [0, 0.05) is 19.6 Å². The molecule has 0 aromatic rings. The van der Waals surface area contributed by atoms with Crippen molar-refractivity contribution in [1.82, 2.24) is 10.6 Å². The van der Waals surface area contributed by atoms with E-state index in [0.717, 1.165) is 32.5 Å². The van der Waals surface area contributed by atoms with Crippen LogP contribution in [-0.4, -0.2) is 38.3 Å². The summed E-state index contributed by atoms with van der Waals surface area (Å²) in [6.45, 7) is 5.95. The van der Waals surface area contributed by atoms with Gasteiger partial charge >= 0.3 is 0 Å². The predicted molar refractivity (Wildman–Crippen MR) is 76.0 cm³/mol. The molecule has 2 fully saturated rings. The molecule has 0 radical (unpaired) electrons. The lowest BCUT2D eigenvalue weighted by molar-refractivity contribution is -0.123. The summed E-state index contributed by atoms with van der Waals surface area (Å²) in [7, 11) is 0. The summed E-state index contributed by atoms with van der Waals surface area (Å²) < 4.78 is 5.62. The van der Waals surface area contributed by atoms with E-state index in [9.17, 15) is 4.79 Å². The molecule has 2 heterocycles. The molecule has 2 N–H and O–H groups in total. The summed E-state index contributed by atoms with van der Waals surface area (Å²) in [5.41, 5.74) is 0. The van der Waals surface area contributed by atoms with Gasteiger partial charge in [-0.3, -0.25) is 4.79 Å². The van der Waals surface area contributed by atoms with E-state index in [0.29, 0.717) is 24.8 Å². The van der Waals surface area contributed by atoms with Crippen LogP contribution in [0.15, 0.2) is 0 Å². The first-order valence-electron chi connectivity index (χ1n) is 7.84. The van der Waals surface area contributed by atoms with E-state index in [2.05, 4.69) is 17.6 Å². The molecule has 19 heavy (non-hydrogen) atoms. The minimum absolute atomic E-state index is 0.187. The monoisotopic (exact) mass is 268 g/mol. The number of amides is 1. The molecule has 4 heteroatoms. The highest BCUT2D eigenvalue weighted by Gasteiger charge is 2.22. The molecule has 0 aliphatic carbocycles. The largest absolute Gasteiger partial charge is 0.376 e. The molecule has 0 aromatic heterocycles. The number of rotatable bonds is 5. The Kier molecular flexibility index (Phi) is 6.11. The molecule has 0 aromatic carbocycles. The van der Waals surface area contributed by atoms with Gasteiger partial charge in [0.25, 0.3) is 0 Å². The molecular weight excluding hydrogens is 240 g/mol. The summed E-state index contributed by atoms with van der Waals surface area (Å²) in [5.74, 6) is 1.32. The van der Waals surface area contributed by atoms with E-state index >= 15 is 0 Å². The standard InChI is InChI=1S/C15H28N2O2/c1-12(13-5-4-7-16-10-13)9-15(18)17-11-14-6-2-3-8-19-14/h12-14,16H,2-11H2,1H3,(H,17,18). The highest BCUT2D eigenvalue weighted by atomic mass is 16.5. The first-order chi connectivity index (χ1) is 9.25. The molecule has 0 bridgehead atoms. The quantitative estimate of drug-likeness (QED) is 0.798. The van der Waals surface area contributed by atoms with Crippen LogP contribution >= 0.6 is 0 Å². The predicted octanol–water partition coefficient (Wildman–Crippen LogP) is 1.70. The molecule has 3 atom stereocenters.